The van der Waals surface area contributed by atoms with Crippen LogP contribution >= 0.6 is 0 Å². The fourth-order valence-electron chi connectivity index (χ4n) is 2.08. The Labute approximate surface area is 119 Å². The monoisotopic (exact) mass is 318 g/mol. The summed E-state index contributed by atoms with van der Waals surface area (Å²) in [5, 5.41) is 0. The standard InChI is InChI=1S/C12H18F4O5/c1-7(2)8-11(9(13)14,12(15,16)10(17)21-8)20-6-19-5-4-18-3/h7-9H,4-6H2,1-3H3/t8-,11-/m0/s1. The van der Waals surface area contributed by atoms with E-state index in [2.05, 4.69) is 14.2 Å². The molecule has 0 aliphatic carbocycles. The minimum atomic E-state index is -4.46. The zero-order valence-electron chi connectivity index (χ0n) is 11.9. The van der Waals surface area contributed by atoms with Crippen molar-refractivity contribution in [2.45, 2.75) is 37.9 Å². The summed E-state index contributed by atoms with van der Waals surface area (Å²) < 4.78 is 73.0. The van der Waals surface area contributed by atoms with Crippen molar-refractivity contribution in [2.75, 3.05) is 27.1 Å². The molecule has 0 N–H and O–H groups in total. The third-order valence-corrected chi connectivity index (χ3v) is 3.15. The van der Waals surface area contributed by atoms with Crippen LogP contribution in [0.1, 0.15) is 13.8 Å². The van der Waals surface area contributed by atoms with Gasteiger partial charge in [-0.25, -0.2) is 13.6 Å². The van der Waals surface area contributed by atoms with Crippen LogP contribution in [-0.4, -0.2) is 57.1 Å². The fraction of sp³-hybridized carbons (Fsp3) is 0.917. The largest absolute Gasteiger partial charge is 0.454 e. The summed E-state index contributed by atoms with van der Waals surface area (Å²) in [5.41, 5.74) is -3.36. The third-order valence-electron chi connectivity index (χ3n) is 3.15. The Morgan fingerprint density at radius 3 is 2.38 bits per heavy atom. The maximum atomic E-state index is 13.9. The minimum absolute atomic E-state index is 0.0253. The Hall–Kier alpha value is -0.930. The maximum absolute atomic E-state index is 13.9. The first-order valence-electron chi connectivity index (χ1n) is 6.29. The molecule has 0 radical (unpaired) electrons. The lowest BCUT2D eigenvalue weighted by Gasteiger charge is -2.36. The van der Waals surface area contributed by atoms with E-state index in [1.807, 2.05) is 0 Å². The van der Waals surface area contributed by atoms with E-state index in [-0.39, 0.29) is 13.2 Å². The molecule has 1 aliphatic rings. The summed E-state index contributed by atoms with van der Waals surface area (Å²) in [4.78, 5) is 11.2. The van der Waals surface area contributed by atoms with Crippen molar-refractivity contribution in [3.63, 3.8) is 0 Å². The molecule has 0 unspecified atom stereocenters. The molecule has 1 heterocycles. The van der Waals surface area contributed by atoms with Gasteiger partial charge in [0.05, 0.1) is 13.2 Å². The van der Waals surface area contributed by atoms with Crippen LogP contribution in [0.25, 0.3) is 0 Å². The highest BCUT2D eigenvalue weighted by Crippen LogP contribution is 2.49. The van der Waals surface area contributed by atoms with Crippen LogP contribution in [0, 0.1) is 5.92 Å². The number of halogens is 4. The van der Waals surface area contributed by atoms with Crippen LogP contribution < -0.4 is 0 Å². The van der Waals surface area contributed by atoms with E-state index < -0.39 is 42.7 Å². The lowest BCUT2D eigenvalue weighted by Crippen LogP contribution is -2.61. The first kappa shape index (κ1) is 18.1. The predicted octanol–water partition coefficient (Wildman–Crippen LogP) is 1.84. The summed E-state index contributed by atoms with van der Waals surface area (Å²) in [6.07, 6.45) is -5.40. The van der Waals surface area contributed by atoms with Crippen molar-refractivity contribution >= 4 is 5.97 Å². The molecule has 1 fully saturated rings. The normalized spacial score (nSPS) is 28.4. The SMILES string of the molecule is COCCOCO[C@]1(C(F)F)[C@H](C(C)C)OC(=O)C1(F)F. The zero-order chi connectivity index (χ0) is 16.3. The van der Waals surface area contributed by atoms with Gasteiger partial charge >= 0.3 is 11.9 Å². The fourth-order valence-corrected chi connectivity index (χ4v) is 2.08. The number of esters is 1. The van der Waals surface area contributed by atoms with Gasteiger partial charge in [0, 0.05) is 7.11 Å². The predicted molar refractivity (Wildman–Crippen MR) is 62.2 cm³/mol. The minimum Gasteiger partial charge on any atom is -0.454 e. The first-order valence-corrected chi connectivity index (χ1v) is 6.29. The van der Waals surface area contributed by atoms with Gasteiger partial charge in [-0.1, -0.05) is 13.8 Å². The highest BCUT2D eigenvalue weighted by atomic mass is 19.3. The molecular formula is C12H18F4O5. The second-order valence-electron chi connectivity index (χ2n) is 4.90. The van der Waals surface area contributed by atoms with Crippen molar-refractivity contribution in [3.8, 4) is 0 Å². The van der Waals surface area contributed by atoms with Crippen LogP contribution in [0.3, 0.4) is 0 Å². The van der Waals surface area contributed by atoms with E-state index in [4.69, 9.17) is 4.74 Å². The smallest absolute Gasteiger partial charge is 0.381 e. The van der Waals surface area contributed by atoms with Crippen LogP contribution in [0.5, 0.6) is 0 Å². The van der Waals surface area contributed by atoms with Gasteiger partial charge in [0.1, 0.15) is 12.9 Å². The lowest BCUT2D eigenvalue weighted by molar-refractivity contribution is -0.280. The van der Waals surface area contributed by atoms with E-state index >= 15 is 0 Å². The number of ether oxygens (including phenoxy) is 4. The summed E-state index contributed by atoms with van der Waals surface area (Å²) in [6, 6.07) is 0. The molecule has 1 rings (SSSR count). The van der Waals surface area contributed by atoms with E-state index in [0.29, 0.717) is 0 Å². The van der Waals surface area contributed by atoms with Crippen molar-refractivity contribution in [1.82, 2.24) is 0 Å². The Bertz CT molecular complexity index is 364. The molecule has 21 heavy (non-hydrogen) atoms. The summed E-state index contributed by atoms with van der Waals surface area (Å²) >= 11 is 0. The van der Waals surface area contributed by atoms with Crippen molar-refractivity contribution in [2.24, 2.45) is 5.92 Å². The van der Waals surface area contributed by atoms with E-state index in [0.717, 1.165) is 0 Å². The second-order valence-corrected chi connectivity index (χ2v) is 4.90. The molecule has 0 aromatic rings. The molecule has 0 aromatic heterocycles. The summed E-state index contributed by atoms with van der Waals surface area (Å²) in [6.45, 7) is 2.05. The van der Waals surface area contributed by atoms with Gasteiger partial charge in [0.25, 0.3) is 6.43 Å². The van der Waals surface area contributed by atoms with Gasteiger partial charge in [-0.15, -0.1) is 0 Å². The number of hydrogen-bond acceptors (Lipinski definition) is 5. The van der Waals surface area contributed by atoms with E-state index in [1.165, 1.54) is 21.0 Å². The number of cyclic esters (lactones) is 1. The molecule has 1 saturated heterocycles. The quantitative estimate of drug-likeness (QED) is 0.296. The van der Waals surface area contributed by atoms with Gasteiger partial charge < -0.3 is 18.9 Å². The number of carbonyl (C=O) groups excluding carboxylic acids is 1. The van der Waals surface area contributed by atoms with Gasteiger partial charge in [-0.05, 0) is 5.92 Å². The summed E-state index contributed by atoms with van der Waals surface area (Å²) in [7, 11) is 1.39. The van der Waals surface area contributed by atoms with Crippen LogP contribution in [0.2, 0.25) is 0 Å². The Balaban J connectivity index is 2.95. The number of alkyl halides is 4. The number of rotatable bonds is 8. The lowest BCUT2D eigenvalue weighted by atomic mass is 9.85. The third kappa shape index (κ3) is 3.14. The Morgan fingerprint density at radius 2 is 1.90 bits per heavy atom. The highest BCUT2D eigenvalue weighted by Gasteiger charge is 2.77. The number of carbonyl (C=O) groups is 1. The van der Waals surface area contributed by atoms with Crippen molar-refractivity contribution < 1.29 is 41.3 Å². The van der Waals surface area contributed by atoms with Crippen LogP contribution in [0.4, 0.5) is 17.6 Å². The van der Waals surface area contributed by atoms with Gasteiger partial charge in [-0.2, -0.15) is 8.78 Å². The second kappa shape index (κ2) is 6.89. The summed E-state index contributed by atoms with van der Waals surface area (Å²) in [5.74, 6) is -7.26. The van der Waals surface area contributed by atoms with E-state index in [1.54, 1.807) is 0 Å². The molecule has 9 heteroatoms. The van der Waals surface area contributed by atoms with Crippen LogP contribution in [-0.2, 0) is 23.7 Å². The highest BCUT2D eigenvalue weighted by molar-refractivity contribution is 5.82. The number of hydrogen-bond donors (Lipinski definition) is 0. The van der Waals surface area contributed by atoms with Crippen molar-refractivity contribution in [1.29, 1.82) is 0 Å². The molecule has 2 atom stereocenters. The molecule has 0 spiro atoms. The number of methoxy groups -OCH3 is 1. The first-order chi connectivity index (χ1) is 9.71. The van der Waals surface area contributed by atoms with Gasteiger partial charge in [-0.3, -0.25) is 0 Å². The molecule has 0 saturated carbocycles. The van der Waals surface area contributed by atoms with Gasteiger partial charge in [0.15, 0.2) is 0 Å². The molecule has 124 valence electrons. The Kier molecular flexibility index (Phi) is 5.94. The molecule has 0 amide bonds. The van der Waals surface area contributed by atoms with Gasteiger partial charge in [0.2, 0.25) is 5.60 Å². The average Bonchev–Trinajstić information content (AvgIpc) is 2.59. The van der Waals surface area contributed by atoms with E-state index in [9.17, 15) is 22.4 Å². The molecule has 0 aromatic carbocycles. The maximum Gasteiger partial charge on any atom is 0.381 e. The topological polar surface area (TPSA) is 54.0 Å². The molecular weight excluding hydrogens is 300 g/mol. The Morgan fingerprint density at radius 1 is 1.29 bits per heavy atom. The molecule has 0 bridgehead atoms. The van der Waals surface area contributed by atoms with Crippen molar-refractivity contribution in [3.05, 3.63) is 0 Å². The van der Waals surface area contributed by atoms with Crippen LogP contribution in [0.15, 0.2) is 0 Å². The molecule has 1 aliphatic heterocycles. The average molecular weight is 318 g/mol. The molecule has 5 nitrogen and oxygen atoms in total. The zero-order valence-corrected chi connectivity index (χ0v) is 11.9.